The standard InChI is InChI=1S/C14H14N2O/c1-10(9-11(2)17)16-13-7-3-5-12-6-4-8-15-14(12)13/h3-8H,9H2,1-2H3/b16-10+. The van der Waals surface area contributed by atoms with Crippen LogP contribution in [0.3, 0.4) is 0 Å². The van der Waals surface area contributed by atoms with Crippen LogP contribution in [0.1, 0.15) is 20.3 Å². The van der Waals surface area contributed by atoms with Crippen LogP contribution < -0.4 is 0 Å². The summed E-state index contributed by atoms with van der Waals surface area (Å²) >= 11 is 0. The van der Waals surface area contributed by atoms with Gasteiger partial charge in [-0.15, -0.1) is 0 Å². The average Bonchev–Trinajstić information content (AvgIpc) is 2.28. The van der Waals surface area contributed by atoms with E-state index in [9.17, 15) is 4.79 Å². The Morgan fingerprint density at radius 3 is 2.76 bits per heavy atom. The first-order chi connectivity index (χ1) is 8.16. The predicted molar refractivity (Wildman–Crippen MR) is 69.8 cm³/mol. The van der Waals surface area contributed by atoms with Crippen molar-refractivity contribution in [3.8, 4) is 0 Å². The SMILES string of the molecule is CC(=O)C/C(C)=N/c1cccc2cccnc12. The molecule has 0 aliphatic carbocycles. The van der Waals surface area contributed by atoms with Crippen molar-refractivity contribution < 1.29 is 4.79 Å². The minimum Gasteiger partial charge on any atom is -0.300 e. The molecular weight excluding hydrogens is 212 g/mol. The summed E-state index contributed by atoms with van der Waals surface area (Å²) in [5.74, 6) is 0.124. The van der Waals surface area contributed by atoms with E-state index in [1.54, 1.807) is 13.1 Å². The van der Waals surface area contributed by atoms with E-state index in [4.69, 9.17) is 0 Å². The zero-order valence-electron chi connectivity index (χ0n) is 9.97. The van der Waals surface area contributed by atoms with Gasteiger partial charge in [0.1, 0.15) is 5.78 Å². The molecule has 0 N–H and O–H groups in total. The van der Waals surface area contributed by atoms with Gasteiger partial charge < -0.3 is 0 Å². The van der Waals surface area contributed by atoms with Gasteiger partial charge in [-0.25, -0.2) is 0 Å². The van der Waals surface area contributed by atoms with E-state index in [0.29, 0.717) is 6.42 Å². The number of benzene rings is 1. The van der Waals surface area contributed by atoms with Gasteiger partial charge in [0.05, 0.1) is 11.2 Å². The van der Waals surface area contributed by atoms with E-state index in [-0.39, 0.29) is 5.78 Å². The quantitative estimate of drug-likeness (QED) is 0.753. The summed E-state index contributed by atoms with van der Waals surface area (Å²) in [5, 5.41) is 1.06. The lowest BCUT2D eigenvalue weighted by molar-refractivity contribution is -0.115. The maximum absolute atomic E-state index is 11.0. The Kier molecular flexibility index (Phi) is 3.28. The van der Waals surface area contributed by atoms with Crippen molar-refractivity contribution in [2.75, 3.05) is 0 Å². The maximum atomic E-state index is 11.0. The molecule has 2 rings (SSSR count). The zero-order valence-corrected chi connectivity index (χ0v) is 9.97. The summed E-state index contributed by atoms with van der Waals surface area (Å²) in [6.07, 6.45) is 2.14. The predicted octanol–water partition coefficient (Wildman–Crippen LogP) is 3.31. The van der Waals surface area contributed by atoms with Gasteiger partial charge in [0.25, 0.3) is 0 Å². The third-order valence-electron chi connectivity index (χ3n) is 2.43. The number of ketones is 1. The Morgan fingerprint density at radius 1 is 1.24 bits per heavy atom. The van der Waals surface area contributed by atoms with Crippen LogP contribution >= 0.6 is 0 Å². The monoisotopic (exact) mass is 226 g/mol. The highest BCUT2D eigenvalue weighted by molar-refractivity contribution is 6.02. The fraction of sp³-hybridized carbons (Fsp3) is 0.214. The molecule has 2 aromatic rings. The Balaban J connectivity index is 2.45. The molecule has 1 aromatic heterocycles. The lowest BCUT2D eigenvalue weighted by Gasteiger charge is -2.02. The van der Waals surface area contributed by atoms with Gasteiger partial charge in [0.15, 0.2) is 0 Å². The number of nitrogens with zero attached hydrogens (tertiary/aromatic N) is 2. The number of para-hydroxylation sites is 1. The van der Waals surface area contributed by atoms with E-state index >= 15 is 0 Å². The van der Waals surface area contributed by atoms with Crippen LogP contribution in [0.4, 0.5) is 5.69 Å². The molecule has 0 fully saturated rings. The lowest BCUT2D eigenvalue weighted by atomic mass is 10.2. The number of hydrogen-bond donors (Lipinski definition) is 0. The fourth-order valence-electron chi connectivity index (χ4n) is 1.78. The Labute approximate surface area is 100 Å². The molecule has 0 atom stereocenters. The third kappa shape index (κ3) is 2.75. The Hall–Kier alpha value is -2.03. The molecule has 0 aliphatic heterocycles. The van der Waals surface area contributed by atoms with Gasteiger partial charge in [-0.05, 0) is 26.0 Å². The van der Waals surface area contributed by atoms with Crippen LogP contribution in [0, 0.1) is 0 Å². The fourth-order valence-corrected chi connectivity index (χ4v) is 1.78. The molecule has 1 aromatic carbocycles. The van der Waals surface area contributed by atoms with Crippen molar-refractivity contribution in [3.05, 3.63) is 36.5 Å². The topological polar surface area (TPSA) is 42.3 Å². The molecule has 0 spiro atoms. The van der Waals surface area contributed by atoms with Crippen LogP contribution in [0.5, 0.6) is 0 Å². The molecule has 0 aliphatic rings. The van der Waals surface area contributed by atoms with E-state index in [2.05, 4.69) is 9.98 Å². The van der Waals surface area contributed by atoms with Gasteiger partial charge in [0.2, 0.25) is 0 Å². The summed E-state index contributed by atoms with van der Waals surface area (Å²) < 4.78 is 0. The molecule has 0 amide bonds. The average molecular weight is 226 g/mol. The zero-order chi connectivity index (χ0) is 12.3. The highest BCUT2D eigenvalue weighted by atomic mass is 16.1. The van der Waals surface area contributed by atoms with E-state index < -0.39 is 0 Å². The minimum absolute atomic E-state index is 0.124. The van der Waals surface area contributed by atoms with Crippen molar-refractivity contribution in [3.63, 3.8) is 0 Å². The van der Waals surface area contributed by atoms with Crippen LogP contribution in [-0.2, 0) is 4.79 Å². The molecule has 0 saturated heterocycles. The van der Waals surface area contributed by atoms with Crippen LogP contribution in [0.2, 0.25) is 0 Å². The molecule has 17 heavy (non-hydrogen) atoms. The van der Waals surface area contributed by atoms with Crippen molar-refractivity contribution >= 4 is 28.1 Å². The molecule has 86 valence electrons. The van der Waals surface area contributed by atoms with Crippen LogP contribution in [0.15, 0.2) is 41.5 Å². The lowest BCUT2D eigenvalue weighted by Crippen LogP contribution is -1.99. The van der Waals surface area contributed by atoms with Crippen LogP contribution in [0.25, 0.3) is 10.9 Å². The largest absolute Gasteiger partial charge is 0.300 e. The number of carbonyl (C=O) groups is 1. The molecule has 0 radical (unpaired) electrons. The Morgan fingerprint density at radius 2 is 2.00 bits per heavy atom. The van der Waals surface area contributed by atoms with E-state index in [1.165, 1.54) is 0 Å². The summed E-state index contributed by atoms with van der Waals surface area (Å²) in [5.41, 5.74) is 2.51. The number of hydrogen-bond acceptors (Lipinski definition) is 3. The number of rotatable bonds is 3. The summed E-state index contributed by atoms with van der Waals surface area (Å²) in [6, 6.07) is 9.77. The van der Waals surface area contributed by atoms with Crippen molar-refractivity contribution in [1.29, 1.82) is 0 Å². The van der Waals surface area contributed by atoms with Gasteiger partial charge in [-0.3, -0.25) is 14.8 Å². The number of aliphatic imine (C=N–C) groups is 1. The summed E-state index contributed by atoms with van der Waals surface area (Å²) in [7, 11) is 0. The maximum Gasteiger partial charge on any atom is 0.135 e. The first-order valence-electron chi connectivity index (χ1n) is 5.54. The number of pyridine rings is 1. The van der Waals surface area contributed by atoms with Gasteiger partial charge in [-0.2, -0.15) is 0 Å². The van der Waals surface area contributed by atoms with Crippen LogP contribution in [-0.4, -0.2) is 16.5 Å². The molecule has 3 heteroatoms. The first kappa shape index (κ1) is 11.5. The summed E-state index contributed by atoms with van der Waals surface area (Å²) in [4.78, 5) is 19.8. The molecule has 1 heterocycles. The number of aromatic nitrogens is 1. The van der Waals surface area contributed by atoms with Crippen molar-refractivity contribution in [2.45, 2.75) is 20.3 Å². The second-order valence-corrected chi connectivity index (χ2v) is 4.08. The highest BCUT2D eigenvalue weighted by Crippen LogP contribution is 2.23. The summed E-state index contributed by atoms with van der Waals surface area (Å²) in [6.45, 7) is 3.43. The molecule has 0 bridgehead atoms. The second kappa shape index (κ2) is 4.87. The van der Waals surface area contributed by atoms with E-state index in [1.807, 2.05) is 37.3 Å². The van der Waals surface area contributed by atoms with Gasteiger partial charge in [-0.1, -0.05) is 18.2 Å². The van der Waals surface area contributed by atoms with Gasteiger partial charge in [0, 0.05) is 23.7 Å². The van der Waals surface area contributed by atoms with E-state index in [0.717, 1.165) is 22.3 Å². The Bertz CT molecular complexity index is 582. The first-order valence-corrected chi connectivity index (χ1v) is 5.54. The smallest absolute Gasteiger partial charge is 0.135 e. The molecule has 3 nitrogen and oxygen atoms in total. The van der Waals surface area contributed by atoms with Crippen molar-refractivity contribution in [1.82, 2.24) is 4.98 Å². The number of Topliss-reactive ketones (excluding diaryl/α,β-unsaturated/α-hetero) is 1. The number of fused-ring (bicyclic) bond motifs is 1. The number of carbonyl (C=O) groups excluding carboxylic acids is 1. The third-order valence-corrected chi connectivity index (χ3v) is 2.43. The van der Waals surface area contributed by atoms with Crippen molar-refractivity contribution in [2.24, 2.45) is 4.99 Å². The molecule has 0 saturated carbocycles. The second-order valence-electron chi connectivity index (χ2n) is 4.08. The molecule has 0 unspecified atom stereocenters. The normalized spacial score (nSPS) is 11.8. The minimum atomic E-state index is 0.124. The molecular formula is C14H14N2O. The highest BCUT2D eigenvalue weighted by Gasteiger charge is 2.02. The van der Waals surface area contributed by atoms with Gasteiger partial charge >= 0.3 is 0 Å².